The van der Waals surface area contributed by atoms with Gasteiger partial charge in [-0.3, -0.25) is 10.0 Å². The third kappa shape index (κ3) is 1.93. The first-order valence-corrected chi connectivity index (χ1v) is 5.13. The van der Waals surface area contributed by atoms with Crippen LogP contribution in [-0.2, 0) is 4.79 Å². The average Bonchev–Trinajstić information content (AvgIpc) is 2.66. The lowest BCUT2D eigenvalue weighted by Gasteiger charge is -2.14. The van der Waals surface area contributed by atoms with Crippen molar-refractivity contribution in [1.29, 1.82) is 0 Å². The number of aliphatic imine (C=N–C) groups is 1. The molecule has 0 saturated carbocycles. The molecule has 2 rings (SSSR count). The Labute approximate surface area is 90.9 Å². The number of allylic oxidation sites excluding steroid dienone is 5. The van der Waals surface area contributed by atoms with E-state index in [0.717, 1.165) is 10.6 Å². The molecule has 0 aromatic rings. The molecule has 0 spiro atoms. The van der Waals surface area contributed by atoms with E-state index in [1.54, 1.807) is 23.6 Å². The van der Waals surface area contributed by atoms with E-state index in [2.05, 4.69) is 4.99 Å². The fourth-order valence-electron chi connectivity index (χ4n) is 1.28. The van der Waals surface area contributed by atoms with Gasteiger partial charge < -0.3 is 0 Å². The Hall–Kier alpha value is -1.59. The number of nitrogens with zero attached hydrogens (tertiary/aromatic N) is 2. The number of hydroxylamine groups is 2. The molecule has 0 fully saturated rings. The lowest BCUT2D eigenvalue weighted by Crippen LogP contribution is -2.11. The quantitative estimate of drug-likeness (QED) is 0.685. The van der Waals surface area contributed by atoms with Gasteiger partial charge in [0, 0.05) is 11.8 Å². The molecule has 5 heteroatoms. The monoisotopic (exact) mass is 220 g/mol. The maximum absolute atomic E-state index is 10.3. The number of amides is 1. The van der Waals surface area contributed by atoms with Crippen LogP contribution in [0.1, 0.15) is 0 Å². The van der Waals surface area contributed by atoms with E-state index < -0.39 is 0 Å². The Morgan fingerprint density at radius 2 is 2.20 bits per heavy atom. The van der Waals surface area contributed by atoms with Crippen LogP contribution in [-0.4, -0.2) is 22.4 Å². The zero-order valence-electron chi connectivity index (χ0n) is 7.70. The van der Waals surface area contributed by atoms with Crippen molar-refractivity contribution in [2.24, 2.45) is 4.99 Å². The van der Waals surface area contributed by atoms with Crippen LogP contribution in [0.15, 0.2) is 51.5 Å². The molecule has 2 aliphatic rings. The summed E-state index contributed by atoms with van der Waals surface area (Å²) in [6.07, 6.45) is 9.19. The number of carbonyl (C=O) groups is 1. The SMILES string of the molecule is O=CN=C1C=CC=CC1=C1SC=CN1O. The summed E-state index contributed by atoms with van der Waals surface area (Å²) in [5.74, 6) is 0. The average molecular weight is 220 g/mol. The molecule has 1 heterocycles. The van der Waals surface area contributed by atoms with Gasteiger partial charge in [-0.2, -0.15) is 0 Å². The number of rotatable bonds is 1. The van der Waals surface area contributed by atoms with Crippen molar-refractivity contribution in [3.05, 3.63) is 46.5 Å². The number of thioether (sulfide) groups is 1. The molecule has 76 valence electrons. The smallest absolute Gasteiger partial charge is 0.233 e. The predicted molar refractivity (Wildman–Crippen MR) is 59.2 cm³/mol. The topological polar surface area (TPSA) is 52.9 Å². The lowest BCUT2D eigenvalue weighted by atomic mass is 10.1. The molecular formula is C10H8N2O2S. The van der Waals surface area contributed by atoms with Gasteiger partial charge >= 0.3 is 0 Å². The van der Waals surface area contributed by atoms with E-state index in [0.29, 0.717) is 17.2 Å². The molecule has 1 aliphatic heterocycles. The normalized spacial score (nSPS) is 26.7. The van der Waals surface area contributed by atoms with E-state index in [4.69, 9.17) is 0 Å². The Balaban J connectivity index is 2.43. The van der Waals surface area contributed by atoms with Crippen LogP contribution in [0, 0.1) is 0 Å². The summed E-state index contributed by atoms with van der Waals surface area (Å²) < 4.78 is 0. The third-order valence-corrected chi connectivity index (χ3v) is 2.80. The van der Waals surface area contributed by atoms with E-state index >= 15 is 0 Å². The molecule has 4 nitrogen and oxygen atoms in total. The third-order valence-electron chi connectivity index (χ3n) is 1.92. The first kappa shape index (κ1) is 9.95. The second kappa shape index (κ2) is 4.29. The maximum atomic E-state index is 10.3. The van der Waals surface area contributed by atoms with Gasteiger partial charge in [-0.25, -0.2) is 10.1 Å². The van der Waals surface area contributed by atoms with Crippen molar-refractivity contribution in [3.63, 3.8) is 0 Å². The molecule has 0 radical (unpaired) electrons. The predicted octanol–water partition coefficient (Wildman–Crippen LogP) is 1.83. The second-order valence-electron chi connectivity index (χ2n) is 2.80. The Morgan fingerprint density at radius 3 is 2.87 bits per heavy atom. The molecule has 15 heavy (non-hydrogen) atoms. The van der Waals surface area contributed by atoms with Crippen molar-refractivity contribution in [2.75, 3.05) is 0 Å². The van der Waals surface area contributed by atoms with Crippen molar-refractivity contribution in [3.8, 4) is 0 Å². The van der Waals surface area contributed by atoms with Gasteiger partial charge in [-0.1, -0.05) is 30.0 Å². The lowest BCUT2D eigenvalue weighted by molar-refractivity contribution is -0.106. The van der Waals surface area contributed by atoms with Gasteiger partial charge in [-0.15, -0.1) is 0 Å². The van der Waals surface area contributed by atoms with Crippen LogP contribution < -0.4 is 0 Å². The summed E-state index contributed by atoms with van der Waals surface area (Å²) in [6.45, 7) is 0. The Bertz CT molecular complexity index is 433. The fourth-order valence-corrected chi connectivity index (χ4v) is 2.06. The van der Waals surface area contributed by atoms with Crippen LogP contribution in [0.25, 0.3) is 0 Å². The Kier molecular flexibility index (Phi) is 2.84. The van der Waals surface area contributed by atoms with Gasteiger partial charge in [0.15, 0.2) is 0 Å². The minimum atomic E-state index is 0.494. The molecule has 0 aromatic carbocycles. The molecule has 0 unspecified atom stereocenters. The minimum absolute atomic E-state index is 0.494. The van der Waals surface area contributed by atoms with Crippen molar-refractivity contribution >= 4 is 23.9 Å². The largest absolute Gasteiger partial charge is 0.284 e. The highest BCUT2D eigenvalue weighted by Gasteiger charge is 2.18. The minimum Gasteiger partial charge on any atom is -0.284 e. The van der Waals surface area contributed by atoms with Gasteiger partial charge in [-0.05, 0) is 11.5 Å². The molecule has 0 atom stereocenters. The van der Waals surface area contributed by atoms with Crippen molar-refractivity contribution in [1.82, 2.24) is 5.06 Å². The van der Waals surface area contributed by atoms with E-state index in [1.165, 1.54) is 18.0 Å². The van der Waals surface area contributed by atoms with E-state index in [-0.39, 0.29) is 0 Å². The van der Waals surface area contributed by atoms with Crippen molar-refractivity contribution < 1.29 is 10.0 Å². The zero-order chi connectivity index (χ0) is 10.7. The molecule has 1 N–H and O–H groups in total. The van der Waals surface area contributed by atoms with Gasteiger partial charge in [0.1, 0.15) is 5.03 Å². The van der Waals surface area contributed by atoms with Crippen LogP contribution in [0.5, 0.6) is 0 Å². The summed E-state index contributed by atoms with van der Waals surface area (Å²) in [6, 6.07) is 0. The van der Waals surface area contributed by atoms with Crippen LogP contribution in [0.3, 0.4) is 0 Å². The molecule has 1 aliphatic carbocycles. The highest BCUT2D eigenvalue weighted by molar-refractivity contribution is 8.06. The molecule has 0 bridgehead atoms. The summed E-state index contributed by atoms with van der Waals surface area (Å²) in [5, 5.41) is 12.9. The van der Waals surface area contributed by atoms with Gasteiger partial charge in [0.05, 0.1) is 5.71 Å². The molecule has 1 amide bonds. The standard InChI is InChI=1S/C10H8N2O2S/c13-7-11-9-4-2-1-3-8(9)10-12(14)5-6-15-10/h1-7,14H. The first-order valence-electron chi connectivity index (χ1n) is 4.25. The first-order chi connectivity index (χ1) is 7.33. The second-order valence-corrected chi connectivity index (χ2v) is 3.70. The van der Waals surface area contributed by atoms with Gasteiger partial charge in [0.2, 0.25) is 6.41 Å². The van der Waals surface area contributed by atoms with Crippen molar-refractivity contribution in [2.45, 2.75) is 0 Å². The summed E-state index contributed by atoms with van der Waals surface area (Å²) in [4.78, 5) is 14.1. The molecule has 0 aromatic heterocycles. The van der Waals surface area contributed by atoms with E-state index in [9.17, 15) is 10.0 Å². The number of hydrogen-bond acceptors (Lipinski definition) is 4. The summed E-state index contributed by atoms with van der Waals surface area (Å²) in [5.41, 5.74) is 1.29. The number of carbonyl (C=O) groups excluding carboxylic acids is 1. The van der Waals surface area contributed by atoms with Crippen LogP contribution >= 0.6 is 11.8 Å². The fraction of sp³-hybridized carbons (Fsp3) is 0. The maximum Gasteiger partial charge on any atom is 0.233 e. The van der Waals surface area contributed by atoms with Gasteiger partial charge in [0.25, 0.3) is 0 Å². The molecule has 0 saturated heterocycles. The van der Waals surface area contributed by atoms with E-state index in [1.807, 2.05) is 6.08 Å². The van der Waals surface area contributed by atoms with Crippen LogP contribution in [0.2, 0.25) is 0 Å². The highest BCUT2D eigenvalue weighted by Crippen LogP contribution is 2.32. The Morgan fingerprint density at radius 1 is 1.40 bits per heavy atom. The summed E-state index contributed by atoms with van der Waals surface area (Å²) >= 11 is 1.38. The zero-order valence-corrected chi connectivity index (χ0v) is 8.52. The summed E-state index contributed by atoms with van der Waals surface area (Å²) in [7, 11) is 0. The highest BCUT2D eigenvalue weighted by atomic mass is 32.2. The van der Waals surface area contributed by atoms with Crippen LogP contribution in [0.4, 0.5) is 0 Å². The number of hydrogen-bond donors (Lipinski definition) is 1. The molecular weight excluding hydrogens is 212 g/mol.